The lowest BCUT2D eigenvalue weighted by Crippen LogP contribution is -2.31. The molecule has 10 nitrogen and oxygen atoms in total. The first-order valence-corrected chi connectivity index (χ1v) is 9.02. The van der Waals surface area contributed by atoms with E-state index in [1.165, 1.54) is 19.2 Å². The Morgan fingerprint density at radius 1 is 1.03 bits per heavy atom. The molecular weight excluding hydrogens is 372 g/mol. The van der Waals surface area contributed by atoms with Gasteiger partial charge in [-0.1, -0.05) is 0 Å². The summed E-state index contributed by atoms with van der Waals surface area (Å²) in [7, 11) is 1.50. The normalized spacial score (nSPS) is 10.4. The van der Waals surface area contributed by atoms with Crippen LogP contribution in [-0.2, 0) is 7.05 Å². The van der Waals surface area contributed by atoms with Crippen LogP contribution in [0, 0.1) is 13.8 Å². The highest BCUT2D eigenvalue weighted by molar-refractivity contribution is 5.91. The molecule has 0 spiro atoms. The molecule has 0 fully saturated rings. The van der Waals surface area contributed by atoms with Crippen LogP contribution in [-0.4, -0.2) is 43.7 Å². The van der Waals surface area contributed by atoms with Crippen molar-refractivity contribution in [1.82, 2.24) is 30.0 Å². The second-order valence-electron chi connectivity index (χ2n) is 6.39. The Morgan fingerprint density at radius 3 is 2.59 bits per heavy atom. The van der Waals surface area contributed by atoms with Gasteiger partial charge in [-0.3, -0.25) is 9.59 Å². The number of rotatable bonds is 7. The number of nitrogens with zero attached hydrogens (tertiary/aromatic N) is 5. The molecule has 0 aliphatic rings. The summed E-state index contributed by atoms with van der Waals surface area (Å²) in [6.45, 7) is 4.60. The topological polar surface area (TPSA) is 127 Å². The molecule has 0 atom stereocenters. The van der Waals surface area contributed by atoms with Gasteiger partial charge in [0.15, 0.2) is 0 Å². The molecule has 3 rings (SSSR count). The Hall–Kier alpha value is -3.82. The third-order valence-electron chi connectivity index (χ3n) is 3.92. The summed E-state index contributed by atoms with van der Waals surface area (Å²) in [4.78, 5) is 36.4. The minimum absolute atomic E-state index is 0.183. The van der Waals surface area contributed by atoms with Gasteiger partial charge in [0, 0.05) is 38.5 Å². The fourth-order valence-electron chi connectivity index (χ4n) is 2.54. The van der Waals surface area contributed by atoms with Gasteiger partial charge in [-0.15, -0.1) is 0 Å². The van der Waals surface area contributed by atoms with Crippen molar-refractivity contribution in [3.05, 3.63) is 64.0 Å². The van der Waals surface area contributed by atoms with Gasteiger partial charge in [0.1, 0.15) is 29.0 Å². The van der Waals surface area contributed by atoms with Gasteiger partial charge in [0.2, 0.25) is 0 Å². The predicted molar refractivity (Wildman–Crippen MR) is 109 cm³/mol. The molecule has 1 amide bonds. The van der Waals surface area contributed by atoms with Gasteiger partial charge in [0.05, 0.1) is 0 Å². The molecule has 3 aromatic rings. The van der Waals surface area contributed by atoms with Crippen LogP contribution < -0.4 is 21.5 Å². The van der Waals surface area contributed by atoms with Crippen molar-refractivity contribution in [2.75, 3.05) is 23.7 Å². The zero-order valence-electron chi connectivity index (χ0n) is 16.4. The van der Waals surface area contributed by atoms with Gasteiger partial charge >= 0.3 is 0 Å². The third-order valence-corrected chi connectivity index (χ3v) is 3.92. The summed E-state index contributed by atoms with van der Waals surface area (Å²) in [6, 6.07) is 8.32. The maximum atomic E-state index is 12.1. The summed E-state index contributed by atoms with van der Waals surface area (Å²) >= 11 is 0. The number of aryl methyl sites for hydroxylation is 3. The second-order valence-corrected chi connectivity index (χ2v) is 6.39. The molecule has 29 heavy (non-hydrogen) atoms. The second kappa shape index (κ2) is 8.91. The van der Waals surface area contributed by atoms with E-state index in [-0.39, 0.29) is 17.2 Å². The van der Waals surface area contributed by atoms with E-state index in [1.54, 1.807) is 19.2 Å². The molecule has 0 saturated carbocycles. The van der Waals surface area contributed by atoms with E-state index in [0.717, 1.165) is 10.2 Å². The van der Waals surface area contributed by atoms with Crippen LogP contribution in [0.15, 0.2) is 41.3 Å². The van der Waals surface area contributed by atoms with Gasteiger partial charge < -0.3 is 16.0 Å². The Morgan fingerprint density at radius 2 is 1.83 bits per heavy atom. The monoisotopic (exact) mass is 394 g/mol. The van der Waals surface area contributed by atoms with Crippen molar-refractivity contribution in [2.45, 2.75) is 13.8 Å². The average Bonchev–Trinajstić information content (AvgIpc) is 2.67. The maximum Gasteiger partial charge on any atom is 0.271 e. The summed E-state index contributed by atoms with van der Waals surface area (Å²) in [5, 5.41) is 13.0. The SMILES string of the molecule is Cc1ccnc(Nc2cc(NCCNC(=O)c3ccc(=O)n(C)n3)nc(C)n2)c1. The average molecular weight is 394 g/mol. The number of hydrogen-bond donors (Lipinski definition) is 3. The quantitative estimate of drug-likeness (QED) is 0.510. The summed E-state index contributed by atoms with van der Waals surface area (Å²) in [6.07, 6.45) is 1.73. The molecular formula is C19H22N8O2. The van der Waals surface area contributed by atoms with E-state index in [0.29, 0.717) is 36.4 Å². The van der Waals surface area contributed by atoms with Crippen LogP contribution in [0.1, 0.15) is 21.9 Å². The van der Waals surface area contributed by atoms with Crippen LogP contribution >= 0.6 is 0 Å². The highest BCUT2D eigenvalue weighted by Crippen LogP contribution is 2.16. The lowest BCUT2D eigenvalue weighted by Gasteiger charge is -2.11. The number of aromatic nitrogens is 5. The molecule has 0 aromatic carbocycles. The first-order valence-electron chi connectivity index (χ1n) is 9.02. The van der Waals surface area contributed by atoms with Crippen LogP contribution in [0.3, 0.4) is 0 Å². The zero-order valence-corrected chi connectivity index (χ0v) is 16.4. The van der Waals surface area contributed by atoms with E-state index in [9.17, 15) is 9.59 Å². The fourth-order valence-corrected chi connectivity index (χ4v) is 2.54. The number of carbonyl (C=O) groups excluding carboxylic acids is 1. The van der Waals surface area contributed by atoms with Gasteiger partial charge in [-0.2, -0.15) is 5.10 Å². The lowest BCUT2D eigenvalue weighted by atomic mass is 10.3. The highest BCUT2D eigenvalue weighted by atomic mass is 16.2. The Bertz CT molecular complexity index is 1080. The lowest BCUT2D eigenvalue weighted by molar-refractivity contribution is 0.0948. The zero-order chi connectivity index (χ0) is 20.8. The van der Waals surface area contributed by atoms with E-state index >= 15 is 0 Å². The highest BCUT2D eigenvalue weighted by Gasteiger charge is 2.08. The number of carbonyl (C=O) groups is 1. The molecule has 3 heterocycles. The van der Waals surface area contributed by atoms with E-state index < -0.39 is 0 Å². The number of pyridine rings is 1. The van der Waals surface area contributed by atoms with Gasteiger partial charge in [0.25, 0.3) is 11.5 Å². The summed E-state index contributed by atoms with van der Waals surface area (Å²) in [5.41, 5.74) is 1.00. The molecule has 0 unspecified atom stereocenters. The standard InChI is InChI=1S/C19H22N8O2/c1-12-6-7-20-15(10-12)25-17-11-16(23-13(2)24-17)21-8-9-22-19(29)14-4-5-18(28)27(3)26-14/h4-7,10-11H,8-9H2,1-3H3,(H,22,29)(H2,20,21,23,24,25). The van der Waals surface area contributed by atoms with Gasteiger partial charge in [-0.25, -0.2) is 19.6 Å². The first kappa shape index (κ1) is 19.9. The van der Waals surface area contributed by atoms with E-state index in [1.807, 2.05) is 19.1 Å². The van der Waals surface area contributed by atoms with Crippen molar-refractivity contribution in [1.29, 1.82) is 0 Å². The minimum atomic E-state index is -0.353. The van der Waals surface area contributed by atoms with Crippen LogP contribution in [0.5, 0.6) is 0 Å². The van der Waals surface area contributed by atoms with E-state index in [2.05, 4.69) is 36.0 Å². The van der Waals surface area contributed by atoms with Crippen molar-refractivity contribution in [2.24, 2.45) is 7.05 Å². The minimum Gasteiger partial charge on any atom is -0.368 e. The predicted octanol–water partition coefficient (Wildman–Crippen LogP) is 1.17. The maximum absolute atomic E-state index is 12.1. The number of nitrogens with one attached hydrogen (secondary N) is 3. The molecule has 3 aromatic heterocycles. The third kappa shape index (κ3) is 5.58. The Labute approximate surface area is 167 Å². The Balaban J connectivity index is 1.55. The fraction of sp³-hybridized carbons (Fsp3) is 0.263. The molecule has 0 radical (unpaired) electrons. The smallest absolute Gasteiger partial charge is 0.271 e. The van der Waals surface area contributed by atoms with Crippen molar-refractivity contribution < 1.29 is 4.79 Å². The number of hydrogen-bond acceptors (Lipinski definition) is 8. The molecule has 0 saturated heterocycles. The Kier molecular flexibility index (Phi) is 6.12. The summed E-state index contributed by atoms with van der Waals surface area (Å²) < 4.78 is 1.12. The number of anilines is 3. The van der Waals surface area contributed by atoms with Crippen LogP contribution in [0.2, 0.25) is 0 Å². The molecule has 0 aliphatic carbocycles. The molecule has 0 bridgehead atoms. The molecule has 0 aliphatic heterocycles. The first-order chi connectivity index (χ1) is 13.9. The van der Waals surface area contributed by atoms with Crippen molar-refractivity contribution >= 4 is 23.4 Å². The van der Waals surface area contributed by atoms with Crippen LogP contribution in [0.4, 0.5) is 17.5 Å². The van der Waals surface area contributed by atoms with E-state index in [4.69, 9.17) is 0 Å². The van der Waals surface area contributed by atoms with Crippen molar-refractivity contribution in [3.8, 4) is 0 Å². The molecule has 10 heteroatoms. The summed E-state index contributed by atoms with van der Waals surface area (Å²) in [5.74, 6) is 2.20. The molecule has 150 valence electrons. The number of amides is 1. The molecule has 3 N–H and O–H groups in total. The van der Waals surface area contributed by atoms with Gasteiger partial charge in [-0.05, 0) is 37.6 Å². The van der Waals surface area contributed by atoms with Crippen molar-refractivity contribution in [3.63, 3.8) is 0 Å². The van der Waals surface area contributed by atoms with Crippen LogP contribution in [0.25, 0.3) is 0 Å². The largest absolute Gasteiger partial charge is 0.368 e.